The van der Waals surface area contributed by atoms with E-state index in [2.05, 4.69) is 10.3 Å². The molecule has 0 aliphatic carbocycles. The minimum absolute atomic E-state index is 0.0290. The molecule has 2 rings (SSSR count). The van der Waals surface area contributed by atoms with Crippen LogP contribution in [0.2, 0.25) is 0 Å². The van der Waals surface area contributed by atoms with Gasteiger partial charge in [-0.1, -0.05) is 19.1 Å². The summed E-state index contributed by atoms with van der Waals surface area (Å²) in [7, 11) is 1.50. The average Bonchev–Trinajstić information content (AvgIpc) is 2.56. The van der Waals surface area contributed by atoms with E-state index in [1.54, 1.807) is 46.8 Å². The van der Waals surface area contributed by atoms with Crippen molar-refractivity contribution in [3.8, 4) is 0 Å². The predicted molar refractivity (Wildman–Crippen MR) is 99.2 cm³/mol. The van der Waals surface area contributed by atoms with Crippen molar-refractivity contribution in [1.29, 1.82) is 0 Å². The lowest BCUT2D eigenvalue weighted by molar-refractivity contribution is -0.385. The summed E-state index contributed by atoms with van der Waals surface area (Å²) >= 11 is 0. The molecule has 1 aliphatic heterocycles. The van der Waals surface area contributed by atoms with Gasteiger partial charge < -0.3 is 4.74 Å². The molecule has 0 unspecified atom stereocenters. The third-order valence-electron chi connectivity index (χ3n) is 4.45. The Bertz CT molecular complexity index is 814. The largest absolute Gasteiger partial charge is 0.444 e. The number of non-ortho nitro benzene ring substituents is 1. The smallest absolute Gasteiger partial charge is 0.414 e. The van der Waals surface area contributed by atoms with Crippen LogP contribution in [-0.2, 0) is 15.1 Å². The van der Waals surface area contributed by atoms with Crippen molar-refractivity contribution in [3.05, 3.63) is 39.9 Å². The fraction of sp³-hybridized carbons (Fsp3) is 0.500. The Hall–Kier alpha value is -2.97. The average molecular weight is 376 g/mol. The third kappa shape index (κ3) is 4.24. The fourth-order valence-electron chi connectivity index (χ4n) is 2.78. The summed E-state index contributed by atoms with van der Waals surface area (Å²) in [5.74, 6) is -0.833. The topological polar surface area (TPSA) is 114 Å². The molecule has 0 spiro atoms. The highest BCUT2D eigenvalue weighted by Crippen LogP contribution is 2.38. The molecule has 2 atom stereocenters. The van der Waals surface area contributed by atoms with Crippen molar-refractivity contribution in [2.45, 2.75) is 45.8 Å². The van der Waals surface area contributed by atoms with Gasteiger partial charge in [-0.2, -0.15) is 0 Å². The number of ether oxygens (including phenoxy) is 1. The maximum Gasteiger partial charge on any atom is 0.414 e. The lowest BCUT2D eigenvalue weighted by Gasteiger charge is -2.39. The molecule has 0 bridgehead atoms. The van der Waals surface area contributed by atoms with E-state index in [0.29, 0.717) is 5.56 Å². The number of nitrogens with one attached hydrogen (secondary N) is 1. The van der Waals surface area contributed by atoms with Crippen LogP contribution in [-0.4, -0.2) is 40.4 Å². The van der Waals surface area contributed by atoms with Gasteiger partial charge in [0.25, 0.3) is 5.69 Å². The monoisotopic (exact) mass is 376 g/mol. The highest BCUT2D eigenvalue weighted by atomic mass is 16.6. The molecule has 0 radical (unpaired) electrons. The molecule has 2 amide bonds. The van der Waals surface area contributed by atoms with Crippen LogP contribution < -0.4 is 5.32 Å². The van der Waals surface area contributed by atoms with Gasteiger partial charge in [0.1, 0.15) is 5.60 Å². The Kier molecular flexibility index (Phi) is 5.26. The highest BCUT2D eigenvalue weighted by Gasteiger charge is 2.45. The molecular formula is C18H24N4O5. The van der Waals surface area contributed by atoms with E-state index in [-0.39, 0.29) is 17.6 Å². The predicted octanol–water partition coefficient (Wildman–Crippen LogP) is 2.80. The van der Waals surface area contributed by atoms with Crippen LogP contribution in [0.1, 0.15) is 40.2 Å². The van der Waals surface area contributed by atoms with Crippen LogP contribution in [0.4, 0.5) is 10.5 Å². The second kappa shape index (κ2) is 6.98. The number of amides is 2. The zero-order valence-corrected chi connectivity index (χ0v) is 16.3. The molecule has 1 aliphatic rings. The molecule has 0 saturated carbocycles. The van der Waals surface area contributed by atoms with Crippen molar-refractivity contribution >= 4 is 23.6 Å². The van der Waals surface area contributed by atoms with Crippen LogP contribution in [0.3, 0.4) is 0 Å². The van der Waals surface area contributed by atoms with E-state index in [0.717, 1.165) is 0 Å². The summed E-state index contributed by atoms with van der Waals surface area (Å²) in [6.07, 6.45) is -0.739. The van der Waals surface area contributed by atoms with Crippen LogP contribution in [0, 0.1) is 16.0 Å². The van der Waals surface area contributed by atoms with Gasteiger partial charge in [-0.15, -0.1) is 0 Å². The van der Waals surface area contributed by atoms with E-state index in [1.165, 1.54) is 24.1 Å². The van der Waals surface area contributed by atoms with Gasteiger partial charge in [0, 0.05) is 19.2 Å². The molecule has 146 valence electrons. The van der Waals surface area contributed by atoms with Gasteiger partial charge >= 0.3 is 6.09 Å². The van der Waals surface area contributed by atoms with Crippen molar-refractivity contribution in [2.24, 2.45) is 10.9 Å². The zero-order valence-electron chi connectivity index (χ0n) is 16.3. The Morgan fingerprint density at radius 3 is 2.59 bits per heavy atom. The van der Waals surface area contributed by atoms with Crippen molar-refractivity contribution in [1.82, 2.24) is 10.2 Å². The van der Waals surface area contributed by atoms with Gasteiger partial charge in [0.2, 0.25) is 11.9 Å². The normalized spacial score (nSPS) is 22.9. The number of nitro benzene ring substituents is 1. The molecule has 1 aromatic carbocycles. The molecule has 27 heavy (non-hydrogen) atoms. The number of hydrogen-bond acceptors (Lipinski definition) is 6. The van der Waals surface area contributed by atoms with Crippen molar-refractivity contribution in [2.75, 3.05) is 7.05 Å². The molecule has 1 aromatic rings. The number of hydrogen-bond donors (Lipinski definition) is 1. The summed E-state index contributed by atoms with van der Waals surface area (Å²) in [5, 5.41) is 13.6. The summed E-state index contributed by atoms with van der Waals surface area (Å²) in [5.41, 5.74) is -1.38. The number of nitrogens with zero attached hydrogens (tertiary/aromatic N) is 3. The van der Waals surface area contributed by atoms with Crippen molar-refractivity contribution in [3.63, 3.8) is 0 Å². The Labute approximate surface area is 157 Å². The molecule has 0 fully saturated rings. The molecule has 9 nitrogen and oxygen atoms in total. The number of carbonyl (C=O) groups is 2. The van der Waals surface area contributed by atoms with E-state index in [4.69, 9.17) is 4.74 Å². The van der Waals surface area contributed by atoms with Crippen LogP contribution >= 0.6 is 0 Å². The first-order valence-electron chi connectivity index (χ1n) is 8.47. The fourth-order valence-corrected chi connectivity index (χ4v) is 2.78. The zero-order chi connectivity index (χ0) is 20.6. The van der Waals surface area contributed by atoms with Crippen LogP contribution in [0.15, 0.2) is 29.3 Å². The van der Waals surface area contributed by atoms with E-state index in [1.807, 2.05) is 0 Å². The number of guanidine groups is 1. The molecule has 0 aromatic heterocycles. The number of alkyl carbamates (subject to hydrolysis) is 1. The van der Waals surface area contributed by atoms with Gasteiger partial charge in [-0.05, 0) is 33.3 Å². The third-order valence-corrected chi connectivity index (χ3v) is 4.45. The van der Waals surface area contributed by atoms with Crippen molar-refractivity contribution < 1.29 is 19.2 Å². The first kappa shape index (κ1) is 20.3. The first-order chi connectivity index (χ1) is 12.3. The number of benzene rings is 1. The lowest BCUT2D eigenvalue weighted by atomic mass is 9.79. The summed E-state index contributed by atoms with van der Waals surface area (Å²) in [6, 6.07) is 5.99. The number of nitro groups is 1. The Morgan fingerprint density at radius 1 is 1.41 bits per heavy atom. The molecule has 0 saturated heterocycles. The minimum Gasteiger partial charge on any atom is -0.444 e. The van der Waals surface area contributed by atoms with E-state index in [9.17, 15) is 19.7 Å². The van der Waals surface area contributed by atoms with Crippen LogP contribution in [0.5, 0.6) is 0 Å². The quantitative estimate of drug-likeness (QED) is 0.630. The van der Waals surface area contributed by atoms with Gasteiger partial charge in [0.05, 0.1) is 16.4 Å². The van der Waals surface area contributed by atoms with E-state index < -0.39 is 28.1 Å². The Morgan fingerprint density at radius 2 is 2.04 bits per heavy atom. The number of carbonyl (C=O) groups excluding carboxylic acids is 2. The molecule has 1 N–H and O–H groups in total. The maximum atomic E-state index is 12.7. The maximum absolute atomic E-state index is 12.7. The summed E-state index contributed by atoms with van der Waals surface area (Å²) in [4.78, 5) is 41.2. The van der Waals surface area contributed by atoms with E-state index >= 15 is 0 Å². The summed E-state index contributed by atoms with van der Waals surface area (Å²) < 4.78 is 5.22. The number of aliphatic imine (C=N–C) groups is 1. The number of rotatable bonds is 2. The van der Waals surface area contributed by atoms with Gasteiger partial charge in [-0.25, -0.2) is 9.79 Å². The first-order valence-corrected chi connectivity index (χ1v) is 8.47. The lowest BCUT2D eigenvalue weighted by Crippen LogP contribution is -2.55. The molecule has 9 heteroatoms. The second-order valence-corrected chi connectivity index (χ2v) is 7.64. The highest BCUT2D eigenvalue weighted by molar-refractivity contribution is 6.05. The van der Waals surface area contributed by atoms with Crippen LogP contribution in [0.25, 0.3) is 0 Å². The van der Waals surface area contributed by atoms with Gasteiger partial charge in [-0.3, -0.25) is 25.1 Å². The molecular weight excluding hydrogens is 352 g/mol. The van der Waals surface area contributed by atoms with Gasteiger partial charge in [0.15, 0.2) is 0 Å². The standard InChI is InChI=1S/C18H24N4O5/c1-11-14(23)21(6)15(19-16(24)27-17(2,3)4)20-18(11,5)12-8-7-9-13(10-12)22(25)26/h7-11H,1-6H3,(H,19,20,24)/t11-,18-/m0/s1. The second-order valence-electron chi connectivity index (χ2n) is 7.64. The summed E-state index contributed by atoms with van der Waals surface area (Å²) in [6.45, 7) is 8.57. The molecule has 1 heterocycles. The minimum atomic E-state index is -1.08. The SMILES string of the molecule is C[C@H]1C(=O)N(C)C(NC(=O)OC(C)(C)C)=N[C@]1(C)c1cccc([N+](=O)[O-])c1. The Balaban J connectivity index is 2.46.